The molecule has 1 rings (SSSR count). The molecule has 104 valence electrons. The lowest BCUT2D eigenvalue weighted by Gasteiger charge is -2.05. The van der Waals surface area contributed by atoms with E-state index in [1.807, 2.05) is 13.0 Å². The molecule has 19 heavy (non-hydrogen) atoms. The van der Waals surface area contributed by atoms with Crippen LogP contribution in [-0.4, -0.2) is 23.1 Å². The third-order valence-corrected chi connectivity index (χ3v) is 4.21. The van der Waals surface area contributed by atoms with Crippen LogP contribution in [0.2, 0.25) is 0 Å². The molecule has 1 aromatic rings. The second kappa shape index (κ2) is 8.16. The number of nitrogens with one attached hydrogen (secondary N) is 1. The van der Waals surface area contributed by atoms with Gasteiger partial charge >= 0.3 is 0 Å². The number of rotatable bonds is 7. The van der Waals surface area contributed by atoms with E-state index in [0.717, 1.165) is 12.0 Å². The maximum atomic E-state index is 11.4. The van der Waals surface area contributed by atoms with Gasteiger partial charge in [0.2, 0.25) is 5.91 Å². The van der Waals surface area contributed by atoms with E-state index >= 15 is 0 Å². The van der Waals surface area contributed by atoms with Gasteiger partial charge < -0.3 is 5.32 Å². The Balaban J connectivity index is 2.52. The van der Waals surface area contributed by atoms with Crippen molar-refractivity contribution in [3.8, 4) is 0 Å². The molecule has 0 aromatic heterocycles. The molecule has 0 fully saturated rings. The summed E-state index contributed by atoms with van der Waals surface area (Å²) >= 11 is 4.67. The summed E-state index contributed by atoms with van der Waals surface area (Å²) in [7, 11) is 0. The highest BCUT2D eigenvalue weighted by Crippen LogP contribution is 2.30. The number of nitro benzene ring substituents is 1. The molecule has 7 heteroatoms. The molecule has 0 heterocycles. The molecular formula is C12H15BrN2O3S. The highest BCUT2D eigenvalue weighted by molar-refractivity contribution is 9.10. The number of hydrogen-bond donors (Lipinski definition) is 1. The summed E-state index contributed by atoms with van der Waals surface area (Å²) < 4.78 is 0.487. The number of carbonyl (C=O) groups excluding carboxylic acids is 1. The van der Waals surface area contributed by atoms with Crippen LogP contribution >= 0.6 is 27.7 Å². The van der Waals surface area contributed by atoms with Crippen LogP contribution < -0.4 is 5.32 Å². The minimum absolute atomic E-state index is 0.00611. The lowest BCUT2D eigenvalue weighted by molar-refractivity contribution is -0.385. The number of hydrogen-bond acceptors (Lipinski definition) is 4. The summed E-state index contributed by atoms with van der Waals surface area (Å²) in [6, 6.07) is 4.91. The molecule has 0 unspecified atom stereocenters. The monoisotopic (exact) mass is 346 g/mol. The third kappa shape index (κ3) is 5.20. The van der Waals surface area contributed by atoms with Crippen molar-refractivity contribution in [2.45, 2.75) is 19.1 Å². The minimum Gasteiger partial charge on any atom is -0.355 e. The Bertz CT molecular complexity index is 468. The molecule has 0 saturated heterocycles. The van der Waals surface area contributed by atoms with Crippen molar-refractivity contribution in [1.82, 2.24) is 5.32 Å². The molecule has 5 nitrogen and oxygen atoms in total. The second-order valence-corrected chi connectivity index (χ2v) is 5.63. The van der Waals surface area contributed by atoms with Gasteiger partial charge in [-0.15, -0.1) is 11.8 Å². The first-order chi connectivity index (χ1) is 9.06. The third-order valence-electron chi connectivity index (χ3n) is 2.32. The molecule has 1 N–H and O–H groups in total. The molecule has 0 radical (unpaired) electrons. The van der Waals surface area contributed by atoms with Gasteiger partial charge in [-0.1, -0.05) is 19.1 Å². The van der Waals surface area contributed by atoms with E-state index in [-0.39, 0.29) is 11.6 Å². The van der Waals surface area contributed by atoms with Crippen LogP contribution in [-0.2, 0) is 10.5 Å². The molecule has 0 aliphatic rings. The van der Waals surface area contributed by atoms with Gasteiger partial charge in [-0.05, 0) is 27.9 Å². The fraction of sp³-hybridized carbons (Fsp3) is 0.417. The van der Waals surface area contributed by atoms with Gasteiger partial charge in [0, 0.05) is 18.4 Å². The molecule has 0 aliphatic carbocycles. The Morgan fingerprint density at radius 1 is 1.53 bits per heavy atom. The van der Waals surface area contributed by atoms with Crippen molar-refractivity contribution < 1.29 is 9.72 Å². The zero-order valence-electron chi connectivity index (χ0n) is 10.5. The first kappa shape index (κ1) is 16.0. The first-order valence-corrected chi connectivity index (χ1v) is 7.77. The van der Waals surface area contributed by atoms with E-state index in [2.05, 4.69) is 21.2 Å². The van der Waals surface area contributed by atoms with Gasteiger partial charge in [-0.3, -0.25) is 14.9 Å². The van der Waals surface area contributed by atoms with Crippen molar-refractivity contribution in [3.63, 3.8) is 0 Å². The van der Waals surface area contributed by atoms with Crippen molar-refractivity contribution in [2.75, 3.05) is 12.3 Å². The molecule has 0 spiro atoms. The number of halogens is 1. The van der Waals surface area contributed by atoms with Crippen LogP contribution in [0, 0.1) is 10.1 Å². The second-order valence-electron chi connectivity index (χ2n) is 3.85. The fourth-order valence-corrected chi connectivity index (χ4v) is 2.97. The highest BCUT2D eigenvalue weighted by atomic mass is 79.9. The van der Waals surface area contributed by atoms with Crippen molar-refractivity contribution in [2.24, 2.45) is 0 Å². The van der Waals surface area contributed by atoms with Crippen LogP contribution in [0.1, 0.15) is 18.9 Å². The van der Waals surface area contributed by atoms with E-state index in [9.17, 15) is 14.9 Å². The lowest BCUT2D eigenvalue weighted by Crippen LogP contribution is -2.25. The summed E-state index contributed by atoms with van der Waals surface area (Å²) in [6.07, 6.45) is 0.910. The maximum absolute atomic E-state index is 11.4. The predicted octanol–water partition coefficient (Wildman–Crippen LogP) is 3.12. The first-order valence-electron chi connectivity index (χ1n) is 5.82. The number of nitro groups is 1. The number of carbonyl (C=O) groups is 1. The summed E-state index contributed by atoms with van der Waals surface area (Å²) in [5, 5.41) is 13.6. The Hall–Kier alpha value is -1.08. The van der Waals surface area contributed by atoms with Crippen LogP contribution in [0.3, 0.4) is 0 Å². The summed E-state index contributed by atoms with van der Waals surface area (Å²) in [4.78, 5) is 21.8. The number of amides is 1. The highest BCUT2D eigenvalue weighted by Gasteiger charge is 2.14. The van der Waals surface area contributed by atoms with Crippen LogP contribution in [0.5, 0.6) is 0 Å². The zero-order chi connectivity index (χ0) is 14.3. The molecule has 1 aromatic carbocycles. The molecule has 0 saturated carbocycles. The van der Waals surface area contributed by atoms with Crippen LogP contribution in [0.25, 0.3) is 0 Å². The Labute approximate surface area is 124 Å². The summed E-state index contributed by atoms with van der Waals surface area (Å²) in [5.74, 6) is 0.908. The maximum Gasteiger partial charge on any atom is 0.283 e. The quantitative estimate of drug-likeness (QED) is 0.608. The van der Waals surface area contributed by atoms with Crippen molar-refractivity contribution >= 4 is 39.3 Å². The Morgan fingerprint density at radius 2 is 2.26 bits per heavy atom. The van der Waals surface area contributed by atoms with Gasteiger partial charge in [0.15, 0.2) is 0 Å². The van der Waals surface area contributed by atoms with Crippen molar-refractivity contribution in [3.05, 3.63) is 38.3 Å². The van der Waals surface area contributed by atoms with Crippen LogP contribution in [0.15, 0.2) is 22.7 Å². The lowest BCUT2D eigenvalue weighted by atomic mass is 10.2. The summed E-state index contributed by atoms with van der Waals surface area (Å²) in [5.41, 5.74) is 0.871. The average molecular weight is 347 g/mol. The normalized spacial score (nSPS) is 10.2. The molecule has 0 bridgehead atoms. The van der Waals surface area contributed by atoms with E-state index in [4.69, 9.17) is 0 Å². The van der Waals surface area contributed by atoms with Gasteiger partial charge in [-0.2, -0.15) is 0 Å². The van der Waals surface area contributed by atoms with E-state index in [1.54, 1.807) is 6.07 Å². The molecule has 0 aliphatic heterocycles. The number of benzene rings is 1. The smallest absolute Gasteiger partial charge is 0.283 e. The number of thioether (sulfide) groups is 1. The van der Waals surface area contributed by atoms with Gasteiger partial charge in [-0.25, -0.2) is 0 Å². The van der Waals surface area contributed by atoms with Gasteiger partial charge in [0.1, 0.15) is 0 Å². The Morgan fingerprint density at radius 3 is 2.89 bits per heavy atom. The Kier molecular flexibility index (Phi) is 6.86. The minimum atomic E-state index is -0.424. The topological polar surface area (TPSA) is 72.2 Å². The zero-order valence-corrected chi connectivity index (χ0v) is 12.9. The van der Waals surface area contributed by atoms with Gasteiger partial charge in [0.25, 0.3) is 5.69 Å². The van der Waals surface area contributed by atoms with E-state index < -0.39 is 4.92 Å². The van der Waals surface area contributed by atoms with Crippen LogP contribution in [0.4, 0.5) is 5.69 Å². The largest absolute Gasteiger partial charge is 0.355 e. The molecular weight excluding hydrogens is 332 g/mol. The molecule has 0 atom stereocenters. The fourth-order valence-electron chi connectivity index (χ4n) is 1.39. The standard InChI is InChI=1S/C12H15BrN2O3S/c1-2-6-14-11(16)8-19-7-9-4-3-5-10(12(9)13)15(17)18/h3-5H,2,6-8H2,1H3,(H,14,16). The van der Waals surface area contributed by atoms with E-state index in [1.165, 1.54) is 17.8 Å². The molecule has 1 amide bonds. The number of nitrogens with zero attached hydrogens (tertiary/aromatic N) is 1. The van der Waals surface area contributed by atoms with Gasteiger partial charge in [0.05, 0.1) is 15.1 Å². The summed E-state index contributed by atoms with van der Waals surface area (Å²) in [6.45, 7) is 2.67. The SMILES string of the molecule is CCCNC(=O)CSCc1cccc([N+](=O)[O-])c1Br. The van der Waals surface area contributed by atoms with Crippen molar-refractivity contribution in [1.29, 1.82) is 0 Å². The van der Waals surface area contributed by atoms with E-state index in [0.29, 0.717) is 22.5 Å². The predicted molar refractivity (Wildman–Crippen MR) is 80.3 cm³/mol. The average Bonchev–Trinajstić information content (AvgIpc) is 2.38.